The van der Waals surface area contributed by atoms with E-state index < -0.39 is 0 Å². The molecule has 0 saturated heterocycles. The molecular weight excluding hydrogens is 292 g/mol. The third-order valence-electron chi connectivity index (χ3n) is 3.27. The van der Waals surface area contributed by atoms with Gasteiger partial charge in [-0.3, -0.25) is 0 Å². The molecule has 5 heteroatoms. The summed E-state index contributed by atoms with van der Waals surface area (Å²) in [5.41, 5.74) is 3.51. The number of nitriles is 1. The van der Waals surface area contributed by atoms with Crippen molar-refractivity contribution in [2.24, 2.45) is 0 Å². The van der Waals surface area contributed by atoms with Crippen LogP contribution in [0.4, 0.5) is 11.6 Å². The lowest BCUT2D eigenvalue weighted by molar-refractivity contribution is 1.21. The first-order chi connectivity index (χ1) is 10.8. The van der Waals surface area contributed by atoms with Gasteiger partial charge in [0.15, 0.2) is 0 Å². The van der Waals surface area contributed by atoms with Crippen LogP contribution in [0.25, 0.3) is 10.9 Å². The van der Waals surface area contributed by atoms with E-state index in [2.05, 4.69) is 21.4 Å². The number of benzene rings is 2. The summed E-state index contributed by atoms with van der Waals surface area (Å²) in [7, 11) is 0. The Hall–Kier alpha value is -2.58. The number of hydrogen-bond donors (Lipinski definition) is 1. The lowest BCUT2D eigenvalue weighted by Gasteiger charge is -2.08. The van der Waals surface area contributed by atoms with Gasteiger partial charge in [-0.2, -0.15) is 17.0 Å². The molecule has 3 aromatic rings. The minimum atomic E-state index is 0.554. The predicted molar refractivity (Wildman–Crippen MR) is 91.2 cm³/mol. The Morgan fingerprint density at radius 3 is 2.91 bits per heavy atom. The lowest BCUT2D eigenvalue weighted by Crippen LogP contribution is -1.98. The minimum absolute atomic E-state index is 0.554. The number of anilines is 2. The van der Waals surface area contributed by atoms with Crippen LogP contribution in [-0.4, -0.2) is 16.2 Å². The molecule has 22 heavy (non-hydrogen) atoms. The standard InChI is InChI=1S/C17H14N4S/c1-22-11-14-8-15(7-6-12(14)9-18)20-17-19-10-13-4-2-3-5-16(13)21-17/h2-8,10H,11H2,1H3,(H,19,20,21). The number of para-hydroxylation sites is 1. The Balaban J connectivity index is 1.91. The first-order valence-corrected chi connectivity index (χ1v) is 8.20. The number of hydrogen-bond acceptors (Lipinski definition) is 5. The minimum Gasteiger partial charge on any atom is -0.324 e. The maximum absolute atomic E-state index is 9.14. The molecule has 0 bridgehead atoms. The maximum atomic E-state index is 9.14. The van der Waals surface area contributed by atoms with Crippen molar-refractivity contribution in [2.45, 2.75) is 5.75 Å². The molecule has 1 N–H and O–H groups in total. The number of nitrogens with zero attached hydrogens (tertiary/aromatic N) is 3. The first kappa shape index (κ1) is 14.4. The monoisotopic (exact) mass is 306 g/mol. The molecule has 0 amide bonds. The van der Waals surface area contributed by atoms with Crippen LogP contribution in [-0.2, 0) is 5.75 Å². The van der Waals surface area contributed by atoms with Gasteiger partial charge in [0.05, 0.1) is 17.1 Å². The second-order valence-corrected chi connectivity index (χ2v) is 5.66. The summed E-state index contributed by atoms with van der Waals surface area (Å²) < 4.78 is 0. The van der Waals surface area contributed by atoms with Crippen molar-refractivity contribution >= 4 is 34.3 Å². The van der Waals surface area contributed by atoms with E-state index in [1.54, 1.807) is 18.0 Å². The third kappa shape index (κ3) is 3.02. The molecule has 1 heterocycles. The van der Waals surface area contributed by atoms with E-state index in [9.17, 15) is 0 Å². The van der Waals surface area contributed by atoms with Crippen molar-refractivity contribution < 1.29 is 0 Å². The molecule has 3 rings (SSSR count). The van der Waals surface area contributed by atoms with Crippen LogP contribution in [0.15, 0.2) is 48.7 Å². The van der Waals surface area contributed by atoms with Crippen molar-refractivity contribution in [1.29, 1.82) is 5.26 Å². The molecule has 108 valence electrons. The highest BCUT2D eigenvalue weighted by atomic mass is 32.2. The fourth-order valence-electron chi connectivity index (χ4n) is 2.22. The molecule has 4 nitrogen and oxygen atoms in total. The summed E-state index contributed by atoms with van der Waals surface area (Å²) in [6.07, 6.45) is 3.82. The average Bonchev–Trinajstić information content (AvgIpc) is 2.55. The Morgan fingerprint density at radius 1 is 1.23 bits per heavy atom. The van der Waals surface area contributed by atoms with Crippen LogP contribution in [0.5, 0.6) is 0 Å². The Kier molecular flexibility index (Phi) is 4.22. The Bertz CT molecular complexity index is 855. The molecule has 0 aliphatic rings. The lowest BCUT2D eigenvalue weighted by atomic mass is 10.1. The molecule has 0 saturated carbocycles. The molecule has 0 radical (unpaired) electrons. The fraction of sp³-hybridized carbons (Fsp3) is 0.118. The van der Waals surface area contributed by atoms with Crippen molar-refractivity contribution in [2.75, 3.05) is 11.6 Å². The highest BCUT2D eigenvalue weighted by Gasteiger charge is 2.05. The number of thioether (sulfide) groups is 1. The first-order valence-electron chi connectivity index (χ1n) is 6.81. The van der Waals surface area contributed by atoms with Crippen molar-refractivity contribution in [3.05, 3.63) is 59.8 Å². The molecule has 0 unspecified atom stereocenters. The van der Waals surface area contributed by atoms with Gasteiger partial charge in [0.2, 0.25) is 5.95 Å². The van der Waals surface area contributed by atoms with Gasteiger partial charge >= 0.3 is 0 Å². The SMILES string of the molecule is CSCc1cc(Nc2ncc3ccccc3n2)ccc1C#N. The van der Waals surface area contributed by atoms with E-state index in [1.165, 1.54) is 0 Å². The number of nitrogens with one attached hydrogen (secondary N) is 1. The third-order valence-corrected chi connectivity index (χ3v) is 3.87. The van der Waals surface area contributed by atoms with E-state index in [4.69, 9.17) is 5.26 Å². The average molecular weight is 306 g/mol. The normalized spacial score (nSPS) is 10.4. The zero-order chi connectivity index (χ0) is 15.4. The van der Waals surface area contributed by atoms with Gasteiger partial charge in [-0.1, -0.05) is 18.2 Å². The number of aromatic nitrogens is 2. The van der Waals surface area contributed by atoms with Crippen molar-refractivity contribution in [1.82, 2.24) is 9.97 Å². The number of rotatable bonds is 4. The molecule has 2 aromatic carbocycles. The number of fused-ring (bicyclic) bond motifs is 1. The van der Waals surface area contributed by atoms with Crippen LogP contribution in [0.3, 0.4) is 0 Å². The van der Waals surface area contributed by atoms with Crippen molar-refractivity contribution in [3.63, 3.8) is 0 Å². The van der Waals surface area contributed by atoms with E-state index in [0.717, 1.165) is 27.9 Å². The van der Waals surface area contributed by atoms with Gasteiger partial charge in [-0.05, 0) is 36.1 Å². The van der Waals surface area contributed by atoms with Gasteiger partial charge in [-0.15, -0.1) is 0 Å². The van der Waals surface area contributed by atoms with E-state index in [1.807, 2.05) is 48.7 Å². The highest BCUT2D eigenvalue weighted by Crippen LogP contribution is 2.22. The second kappa shape index (κ2) is 6.46. The fourth-order valence-corrected chi connectivity index (χ4v) is 2.77. The van der Waals surface area contributed by atoms with Gasteiger partial charge in [0.1, 0.15) is 0 Å². The quantitative estimate of drug-likeness (QED) is 0.786. The summed E-state index contributed by atoms with van der Waals surface area (Å²) in [4.78, 5) is 8.82. The Morgan fingerprint density at radius 2 is 2.09 bits per heavy atom. The summed E-state index contributed by atoms with van der Waals surface area (Å²) in [6, 6.07) is 15.8. The molecule has 0 aliphatic carbocycles. The van der Waals surface area contributed by atoms with Gasteiger partial charge in [-0.25, -0.2) is 9.97 Å². The molecule has 0 fully saturated rings. The predicted octanol–water partition coefficient (Wildman–Crippen LogP) is 4.11. The summed E-state index contributed by atoms with van der Waals surface area (Å²) >= 11 is 1.69. The second-order valence-electron chi connectivity index (χ2n) is 4.79. The molecule has 1 aromatic heterocycles. The molecular formula is C17H14N4S. The largest absolute Gasteiger partial charge is 0.324 e. The van der Waals surface area contributed by atoms with Gasteiger partial charge in [0.25, 0.3) is 0 Å². The molecule has 0 aliphatic heterocycles. The van der Waals surface area contributed by atoms with Gasteiger partial charge in [0, 0.05) is 23.0 Å². The van der Waals surface area contributed by atoms with Crippen LogP contribution < -0.4 is 5.32 Å². The summed E-state index contributed by atoms with van der Waals surface area (Å²) in [5, 5.41) is 13.4. The van der Waals surface area contributed by atoms with E-state index in [-0.39, 0.29) is 0 Å². The zero-order valence-corrected chi connectivity index (χ0v) is 12.9. The zero-order valence-electron chi connectivity index (χ0n) is 12.1. The van der Waals surface area contributed by atoms with E-state index >= 15 is 0 Å². The van der Waals surface area contributed by atoms with Crippen LogP contribution in [0, 0.1) is 11.3 Å². The highest BCUT2D eigenvalue weighted by molar-refractivity contribution is 7.97. The summed E-state index contributed by atoms with van der Waals surface area (Å²) in [5.74, 6) is 1.36. The Labute approximate surface area is 133 Å². The smallest absolute Gasteiger partial charge is 0.227 e. The molecule has 0 spiro atoms. The summed E-state index contributed by atoms with van der Waals surface area (Å²) in [6.45, 7) is 0. The maximum Gasteiger partial charge on any atom is 0.227 e. The topological polar surface area (TPSA) is 61.6 Å². The molecule has 0 atom stereocenters. The van der Waals surface area contributed by atoms with Gasteiger partial charge < -0.3 is 5.32 Å². The van der Waals surface area contributed by atoms with Crippen molar-refractivity contribution in [3.8, 4) is 6.07 Å². The van der Waals surface area contributed by atoms with Crippen LogP contribution >= 0.6 is 11.8 Å². The van der Waals surface area contributed by atoms with Crippen LogP contribution in [0.1, 0.15) is 11.1 Å². The van der Waals surface area contributed by atoms with E-state index in [0.29, 0.717) is 11.5 Å². The van der Waals surface area contributed by atoms with Crippen LogP contribution in [0.2, 0.25) is 0 Å².